The fraction of sp³-hybridized carbons (Fsp3) is 0.333. The maximum absolute atomic E-state index is 12.3. The van der Waals surface area contributed by atoms with Gasteiger partial charge in [-0.2, -0.15) is 0 Å². The second-order valence-corrected chi connectivity index (χ2v) is 5.18. The summed E-state index contributed by atoms with van der Waals surface area (Å²) in [5, 5.41) is 12.7. The van der Waals surface area contributed by atoms with Crippen molar-refractivity contribution in [2.75, 3.05) is 0 Å². The summed E-state index contributed by atoms with van der Waals surface area (Å²) < 4.78 is 1.77. The van der Waals surface area contributed by atoms with E-state index in [1.165, 1.54) is 0 Å². The third-order valence-corrected chi connectivity index (χ3v) is 3.40. The molecule has 0 aliphatic heterocycles. The molecule has 2 rings (SSSR count). The molecule has 0 radical (unpaired) electrons. The smallest absolute Gasteiger partial charge is 0.326 e. The van der Waals surface area contributed by atoms with Crippen LogP contribution in [0.4, 0.5) is 0 Å². The Bertz CT molecular complexity index is 658. The van der Waals surface area contributed by atoms with Gasteiger partial charge in [-0.3, -0.25) is 4.79 Å². The van der Waals surface area contributed by atoms with Gasteiger partial charge >= 0.3 is 5.97 Å². The number of carboxylic acids is 1. The molecule has 106 valence electrons. The Morgan fingerprint density at radius 1 is 1.25 bits per heavy atom. The second kappa shape index (κ2) is 5.36. The number of benzene rings is 1. The molecule has 20 heavy (non-hydrogen) atoms. The molecule has 1 amide bonds. The topological polar surface area (TPSA) is 71.3 Å². The van der Waals surface area contributed by atoms with Crippen molar-refractivity contribution in [1.29, 1.82) is 0 Å². The van der Waals surface area contributed by atoms with Crippen LogP contribution in [0.1, 0.15) is 24.3 Å². The number of carbonyl (C=O) groups is 2. The summed E-state index contributed by atoms with van der Waals surface area (Å²) in [5.74, 6) is -1.57. The third-order valence-electron chi connectivity index (χ3n) is 3.40. The van der Waals surface area contributed by atoms with E-state index >= 15 is 0 Å². The van der Waals surface area contributed by atoms with Gasteiger partial charge < -0.3 is 15.0 Å². The highest BCUT2D eigenvalue weighted by Gasteiger charge is 2.25. The molecule has 0 aliphatic carbocycles. The lowest BCUT2D eigenvalue weighted by atomic mass is 10.0. The maximum Gasteiger partial charge on any atom is 0.326 e. The average Bonchev–Trinajstić information content (AvgIpc) is 2.73. The van der Waals surface area contributed by atoms with Crippen molar-refractivity contribution in [3.63, 3.8) is 0 Å². The Hall–Kier alpha value is -2.30. The first-order valence-corrected chi connectivity index (χ1v) is 6.50. The minimum absolute atomic E-state index is 0.175. The van der Waals surface area contributed by atoms with E-state index in [1.807, 2.05) is 24.3 Å². The molecule has 5 heteroatoms. The predicted octanol–water partition coefficient (Wildman–Crippen LogP) is 2.02. The Labute approximate surface area is 117 Å². The number of hydrogen-bond acceptors (Lipinski definition) is 2. The number of rotatable bonds is 4. The van der Waals surface area contributed by atoms with Crippen LogP contribution in [0.15, 0.2) is 30.3 Å². The van der Waals surface area contributed by atoms with Gasteiger partial charge in [0.15, 0.2) is 0 Å². The van der Waals surface area contributed by atoms with E-state index < -0.39 is 12.0 Å². The molecule has 0 spiro atoms. The standard InChI is InChI=1S/C15H18N2O3/c1-9(2)13(15(19)20)16-14(18)12-8-10-6-4-5-7-11(10)17(12)3/h4-9,13H,1-3H3,(H,16,18)(H,19,20)/t13-/m1/s1. The number of aryl methyl sites for hydroxylation is 1. The molecule has 0 saturated carbocycles. The van der Waals surface area contributed by atoms with Gasteiger partial charge in [0, 0.05) is 18.0 Å². The Morgan fingerprint density at radius 2 is 1.90 bits per heavy atom. The molecule has 2 aromatic rings. The van der Waals surface area contributed by atoms with Crippen LogP contribution in [-0.4, -0.2) is 27.6 Å². The van der Waals surface area contributed by atoms with Crippen molar-refractivity contribution in [1.82, 2.24) is 9.88 Å². The van der Waals surface area contributed by atoms with Gasteiger partial charge in [0.05, 0.1) is 0 Å². The Kier molecular flexibility index (Phi) is 3.79. The number of para-hydroxylation sites is 1. The van der Waals surface area contributed by atoms with Gasteiger partial charge in [-0.1, -0.05) is 32.0 Å². The number of aromatic nitrogens is 1. The Morgan fingerprint density at radius 3 is 2.45 bits per heavy atom. The minimum Gasteiger partial charge on any atom is -0.480 e. The molecule has 0 saturated heterocycles. The molecule has 1 aromatic heterocycles. The molecule has 2 N–H and O–H groups in total. The van der Waals surface area contributed by atoms with Crippen LogP contribution < -0.4 is 5.32 Å². The van der Waals surface area contributed by atoms with E-state index in [9.17, 15) is 9.59 Å². The lowest BCUT2D eigenvalue weighted by Crippen LogP contribution is -2.44. The fourth-order valence-electron chi connectivity index (χ4n) is 2.24. The molecule has 5 nitrogen and oxygen atoms in total. The molecule has 1 aromatic carbocycles. The number of carbonyl (C=O) groups excluding carboxylic acids is 1. The highest BCUT2D eigenvalue weighted by atomic mass is 16.4. The zero-order valence-corrected chi connectivity index (χ0v) is 11.8. The fourth-order valence-corrected chi connectivity index (χ4v) is 2.24. The first kappa shape index (κ1) is 14.1. The van der Waals surface area contributed by atoms with Crippen molar-refractivity contribution >= 4 is 22.8 Å². The summed E-state index contributed by atoms with van der Waals surface area (Å²) in [5.41, 5.74) is 1.40. The number of hydrogen-bond donors (Lipinski definition) is 2. The summed E-state index contributed by atoms with van der Waals surface area (Å²) in [6.45, 7) is 3.53. The third kappa shape index (κ3) is 2.52. The molecule has 0 unspecified atom stereocenters. The highest BCUT2D eigenvalue weighted by Crippen LogP contribution is 2.18. The van der Waals surface area contributed by atoms with E-state index in [-0.39, 0.29) is 11.8 Å². The number of carboxylic acid groups (broad SMARTS) is 1. The number of nitrogens with one attached hydrogen (secondary N) is 1. The molecule has 1 heterocycles. The lowest BCUT2D eigenvalue weighted by Gasteiger charge is -2.18. The first-order valence-electron chi connectivity index (χ1n) is 6.50. The highest BCUT2D eigenvalue weighted by molar-refractivity contribution is 6.00. The van der Waals surface area contributed by atoms with Crippen LogP contribution in [0.3, 0.4) is 0 Å². The first-order chi connectivity index (χ1) is 9.41. The molecule has 0 aliphatic rings. The van der Waals surface area contributed by atoms with Gasteiger partial charge in [0.25, 0.3) is 5.91 Å². The normalized spacial score (nSPS) is 12.6. The summed E-state index contributed by atoms with van der Waals surface area (Å²) in [4.78, 5) is 23.4. The van der Waals surface area contributed by atoms with E-state index in [0.29, 0.717) is 5.69 Å². The quantitative estimate of drug-likeness (QED) is 0.896. The van der Waals surface area contributed by atoms with Gasteiger partial charge in [0.2, 0.25) is 0 Å². The molecular weight excluding hydrogens is 256 g/mol. The van der Waals surface area contributed by atoms with E-state index in [1.54, 1.807) is 31.5 Å². The monoisotopic (exact) mass is 274 g/mol. The minimum atomic E-state index is -1.02. The average molecular weight is 274 g/mol. The van der Waals surface area contributed by atoms with E-state index in [2.05, 4.69) is 5.32 Å². The van der Waals surface area contributed by atoms with Crippen LogP contribution >= 0.6 is 0 Å². The van der Waals surface area contributed by atoms with Gasteiger partial charge in [-0.15, -0.1) is 0 Å². The summed E-state index contributed by atoms with van der Waals surface area (Å²) in [6, 6.07) is 8.52. The van der Waals surface area contributed by atoms with Gasteiger partial charge in [0.1, 0.15) is 11.7 Å². The summed E-state index contributed by atoms with van der Waals surface area (Å²) in [7, 11) is 1.79. The van der Waals surface area contributed by atoms with Crippen LogP contribution in [0.25, 0.3) is 10.9 Å². The summed E-state index contributed by atoms with van der Waals surface area (Å²) in [6.07, 6.45) is 0. The Balaban J connectivity index is 2.32. The number of amides is 1. The van der Waals surface area contributed by atoms with Crippen molar-refractivity contribution in [2.45, 2.75) is 19.9 Å². The van der Waals surface area contributed by atoms with Crippen LogP contribution in [0, 0.1) is 5.92 Å². The molecular formula is C15H18N2O3. The largest absolute Gasteiger partial charge is 0.480 e. The van der Waals surface area contributed by atoms with E-state index in [4.69, 9.17) is 5.11 Å². The van der Waals surface area contributed by atoms with Crippen molar-refractivity contribution in [3.8, 4) is 0 Å². The zero-order chi connectivity index (χ0) is 14.9. The number of fused-ring (bicyclic) bond motifs is 1. The van der Waals surface area contributed by atoms with Crippen LogP contribution in [-0.2, 0) is 11.8 Å². The second-order valence-electron chi connectivity index (χ2n) is 5.18. The molecule has 0 fully saturated rings. The van der Waals surface area contributed by atoms with Gasteiger partial charge in [-0.05, 0) is 18.1 Å². The predicted molar refractivity (Wildman–Crippen MR) is 76.6 cm³/mol. The number of aliphatic carboxylic acids is 1. The van der Waals surface area contributed by atoms with Crippen LogP contribution in [0.2, 0.25) is 0 Å². The number of nitrogens with zero attached hydrogens (tertiary/aromatic N) is 1. The molecule has 1 atom stereocenters. The van der Waals surface area contributed by atoms with E-state index in [0.717, 1.165) is 10.9 Å². The van der Waals surface area contributed by atoms with Crippen molar-refractivity contribution in [2.24, 2.45) is 13.0 Å². The maximum atomic E-state index is 12.3. The molecule has 0 bridgehead atoms. The van der Waals surface area contributed by atoms with Crippen LogP contribution in [0.5, 0.6) is 0 Å². The lowest BCUT2D eigenvalue weighted by molar-refractivity contribution is -0.140. The SMILES string of the molecule is CC(C)[C@@H](NC(=O)c1cc2ccccc2n1C)C(=O)O. The zero-order valence-electron chi connectivity index (χ0n) is 11.8. The summed E-state index contributed by atoms with van der Waals surface area (Å²) >= 11 is 0. The van der Waals surface area contributed by atoms with Gasteiger partial charge in [-0.25, -0.2) is 4.79 Å². The van der Waals surface area contributed by atoms with Crippen molar-refractivity contribution in [3.05, 3.63) is 36.0 Å². The van der Waals surface area contributed by atoms with Crippen molar-refractivity contribution < 1.29 is 14.7 Å².